The molecule has 0 aliphatic carbocycles. The van der Waals surface area contributed by atoms with Crippen LogP contribution in [-0.2, 0) is 0 Å². The van der Waals surface area contributed by atoms with Gasteiger partial charge < -0.3 is 10.1 Å². The van der Waals surface area contributed by atoms with E-state index in [-0.39, 0.29) is 6.04 Å². The Kier molecular flexibility index (Phi) is 4.69. The maximum Gasteiger partial charge on any atom is 0.126 e. The number of hydrogen-bond acceptors (Lipinski definition) is 2. The smallest absolute Gasteiger partial charge is 0.126 e. The van der Waals surface area contributed by atoms with Gasteiger partial charge >= 0.3 is 0 Å². The van der Waals surface area contributed by atoms with E-state index in [0.29, 0.717) is 12.1 Å². The summed E-state index contributed by atoms with van der Waals surface area (Å²) in [5.41, 5.74) is 1.49. The first-order chi connectivity index (χ1) is 9.63. The highest BCUT2D eigenvalue weighted by Gasteiger charge is 2.15. The average molecular weight is 277 g/mol. The van der Waals surface area contributed by atoms with Crippen molar-refractivity contribution in [2.45, 2.75) is 13.0 Å². The molecule has 4 heteroatoms. The summed E-state index contributed by atoms with van der Waals surface area (Å²) in [6, 6.07) is 10.7. The van der Waals surface area contributed by atoms with Crippen molar-refractivity contribution in [3.63, 3.8) is 0 Å². The largest absolute Gasteiger partial charge is 0.497 e. The van der Waals surface area contributed by atoms with Gasteiger partial charge in [0.2, 0.25) is 0 Å². The summed E-state index contributed by atoms with van der Waals surface area (Å²) in [6.07, 6.45) is 0. The van der Waals surface area contributed by atoms with Crippen LogP contribution in [0.3, 0.4) is 0 Å². The van der Waals surface area contributed by atoms with E-state index < -0.39 is 11.6 Å². The SMILES string of the molecule is CCNC(c1ccc(OC)cc1)c1cc(F)cc(F)c1. The minimum atomic E-state index is -0.573. The van der Waals surface area contributed by atoms with Gasteiger partial charge in [-0.15, -0.1) is 0 Å². The second kappa shape index (κ2) is 6.48. The molecule has 0 spiro atoms. The first-order valence-corrected chi connectivity index (χ1v) is 6.47. The molecule has 2 rings (SSSR count). The Morgan fingerprint density at radius 2 is 1.60 bits per heavy atom. The molecule has 0 saturated heterocycles. The molecule has 1 unspecified atom stereocenters. The van der Waals surface area contributed by atoms with E-state index in [4.69, 9.17) is 4.74 Å². The maximum atomic E-state index is 13.4. The molecule has 0 aliphatic rings. The zero-order valence-electron chi connectivity index (χ0n) is 11.5. The van der Waals surface area contributed by atoms with E-state index in [1.54, 1.807) is 7.11 Å². The Hall–Kier alpha value is -1.94. The summed E-state index contributed by atoms with van der Waals surface area (Å²) in [5.74, 6) is -0.401. The Labute approximate surface area is 117 Å². The lowest BCUT2D eigenvalue weighted by Gasteiger charge is -2.19. The van der Waals surface area contributed by atoms with E-state index in [2.05, 4.69) is 5.32 Å². The van der Waals surface area contributed by atoms with Gasteiger partial charge in [-0.1, -0.05) is 19.1 Å². The van der Waals surface area contributed by atoms with Gasteiger partial charge in [0, 0.05) is 6.07 Å². The Bertz CT molecular complexity index is 549. The van der Waals surface area contributed by atoms with Gasteiger partial charge in [0.1, 0.15) is 17.4 Å². The van der Waals surface area contributed by atoms with Crippen LogP contribution in [0, 0.1) is 11.6 Å². The topological polar surface area (TPSA) is 21.3 Å². The predicted molar refractivity (Wildman–Crippen MR) is 74.9 cm³/mol. The zero-order valence-corrected chi connectivity index (χ0v) is 11.5. The standard InChI is InChI=1S/C16H17F2NO/c1-3-19-16(11-4-6-15(20-2)7-5-11)12-8-13(17)10-14(18)9-12/h4-10,16,19H,3H2,1-2H3. The minimum Gasteiger partial charge on any atom is -0.497 e. The van der Waals surface area contributed by atoms with Gasteiger partial charge in [0.05, 0.1) is 13.2 Å². The number of hydrogen-bond donors (Lipinski definition) is 1. The van der Waals surface area contributed by atoms with Crippen molar-refractivity contribution in [1.29, 1.82) is 0 Å². The average Bonchev–Trinajstić information content (AvgIpc) is 2.44. The lowest BCUT2D eigenvalue weighted by atomic mass is 9.98. The minimum absolute atomic E-state index is 0.254. The maximum absolute atomic E-state index is 13.4. The fraction of sp³-hybridized carbons (Fsp3) is 0.250. The summed E-state index contributed by atoms with van der Waals surface area (Å²) in [6.45, 7) is 2.64. The fourth-order valence-corrected chi connectivity index (χ4v) is 2.17. The lowest BCUT2D eigenvalue weighted by molar-refractivity contribution is 0.414. The number of nitrogens with one attached hydrogen (secondary N) is 1. The quantitative estimate of drug-likeness (QED) is 0.900. The normalized spacial score (nSPS) is 12.2. The zero-order chi connectivity index (χ0) is 14.5. The summed E-state index contributed by atoms with van der Waals surface area (Å²) in [5, 5.41) is 3.23. The highest BCUT2D eigenvalue weighted by molar-refractivity contribution is 5.36. The van der Waals surface area contributed by atoms with Crippen LogP contribution in [0.1, 0.15) is 24.1 Å². The lowest BCUT2D eigenvalue weighted by Crippen LogP contribution is -2.22. The van der Waals surface area contributed by atoms with Crippen molar-refractivity contribution in [3.05, 3.63) is 65.2 Å². The molecule has 20 heavy (non-hydrogen) atoms. The van der Waals surface area contributed by atoms with Gasteiger partial charge in [0.25, 0.3) is 0 Å². The first-order valence-electron chi connectivity index (χ1n) is 6.47. The Morgan fingerprint density at radius 3 is 2.10 bits per heavy atom. The molecule has 0 bridgehead atoms. The van der Waals surface area contributed by atoms with Crippen LogP contribution in [0.2, 0.25) is 0 Å². The van der Waals surface area contributed by atoms with Gasteiger partial charge in [-0.25, -0.2) is 8.78 Å². The van der Waals surface area contributed by atoms with Crippen LogP contribution >= 0.6 is 0 Å². The number of benzene rings is 2. The number of halogens is 2. The van der Waals surface area contributed by atoms with Gasteiger partial charge in [-0.05, 0) is 41.9 Å². The predicted octanol–water partition coefficient (Wildman–Crippen LogP) is 3.67. The molecular weight excluding hydrogens is 260 g/mol. The Morgan fingerprint density at radius 1 is 1.00 bits per heavy atom. The summed E-state index contributed by atoms with van der Waals surface area (Å²) < 4.78 is 31.9. The molecule has 1 atom stereocenters. The van der Waals surface area contributed by atoms with Gasteiger partial charge in [-0.3, -0.25) is 0 Å². The molecule has 0 saturated carbocycles. The third-order valence-electron chi connectivity index (χ3n) is 3.08. The summed E-state index contributed by atoms with van der Waals surface area (Å²) in [7, 11) is 1.60. The van der Waals surface area contributed by atoms with E-state index in [1.165, 1.54) is 12.1 Å². The van der Waals surface area contributed by atoms with Crippen molar-refractivity contribution >= 4 is 0 Å². The van der Waals surface area contributed by atoms with Crippen molar-refractivity contribution in [1.82, 2.24) is 5.32 Å². The molecule has 2 aromatic carbocycles. The highest BCUT2D eigenvalue weighted by atomic mass is 19.1. The van der Waals surface area contributed by atoms with Crippen LogP contribution in [0.25, 0.3) is 0 Å². The third kappa shape index (κ3) is 3.33. The van der Waals surface area contributed by atoms with Crippen LogP contribution in [-0.4, -0.2) is 13.7 Å². The van der Waals surface area contributed by atoms with E-state index in [1.807, 2.05) is 31.2 Å². The van der Waals surface area contributed by atoms with Crippen molar-refractivity contribution in [2.24, 2.45) is 0 Å². The number of ether oxygens (including phenoxy) is 1. The molecule has 2 nitrogen and oxygen atoms in total. The van der Waals surface area contributed by atoms with Gasteiger partial charge in [0.15, 0.2) is 0 Å². The molecule has 0 aliphatic heterocycles. The van der Waals surface area contributed by atoms with E-state index in [9.17, 15) is 8.78 Å². The third-order valence-corrected chi connectivity index (χ3v) is 3.08. The van der Waals surface area contributed by atoms with Crippen molar-refractivity contribution in [2.75, 3.05) is 13.7 Å². The second-order valence-electron chi connectivity index (χ2n) is 4.47. The molecule has 0 amide bonds. The van der Waals surface area contributed by atoms with Crippen molar-refractivity contribution < 1.29 is 13.5 Å². The molecular formula is C16H17F2NO. The molecule has 1 N–H and O–H groups in total. The van der Waals surface area contributed by atoms with Crippen LogP contribution in [0.15, 0.2) is 42.5 Å². The molecule has 0 heterocycles. The Balaban J connectivity index is 2.38. The molecule has 0 aromatic heterocycles. The van der Waals surface area contributed by atoms with E-state index >= 15 is 0 Å². The van der Waals surface area contributed by atoms with Crippen LogP contribution < -0.4 is 10.1 Å². The van der Waals surface area contributed by atoms with Crippen LogP contribution in [0.4, 0.5) is 8.78 Å². The highest BCUT2D eigenvalue weighted by Crippen LogP contribution is 2.25. The molecule has 0 radical (unpaired) electrons. The fourth-order valence-electron chi connectivity index (χ4n) is 2.17. The van der Waals surface area contributed by atoms with E-state index in [0.717, 1.165) is 17.4 Å². The second-order valence-corrected chi connectivity index (χ2v) is 4.47. The first kappa shape index (κ1) is 14.5. The summed E-state index contributed by atoms with van der Waals surface area (Å²) in [4.78, 5) is 0. The monoisotopic (exact) mass is 277 g/mol. The van der Waals surface area contributed by atoms with Crippen molar-refractivity contribution in [3.8, 4) is 5.75 Å². The number of methoxy groups -OCH3 is 1. The van der Waals surface area contributed by atoms with Crippen LogP contribution in [0.5, 0.6) is 5.75 Å². The summed E-state index contributed by atoms with van der Waals surface area (Å²) >= 11 is 0. The molecule has 106 valence electrons. The molecule has 2 aromatic rings. The molecule has 0 fully saturated rings. The number of rotatable bonds is 5. The van der Waals surface area contributed by atoms with Gasteiger partial charge in [-0.2, -0.15) is 0 Å².